The van der Waals surface area contributed by atoms with Crippen LogP contribution in [0.4, 0.5) is 0 Å². The summed E-state index contributed by atoms with van der Waals surface area (Å²) in [6.45, 7) is 6.67. The molecular weight excluding hydrogens is 230 g/mol. The maximum atomic E-state index is 5.24. The fourth-order valence-corrected chi connectivity index (χ4v) is 1.25. The number of hydrogen-bond acceptors (Lipinski definition) is 2. The molecule has 0 bridgehead atoms. The first-order chi connectivity index (χ1) is 6.18. The van der Waals surface area contributed by atoms with Gasteiger partial charge in [-0.25, -0.2) is 0 Å². The van der Waals surface area contributed by atoms with Crippen LogP contribution in [0, 0.1) is 0 Å². The number of nitrogens with one attached hydrogen (secondary N) is 1. The molecule has 0 fully saturated rings. The Morgan fingerprint density at radius 3 is 3.08 bits per heavy atom. The van der Waals surface area contributed by atoms with Gasteiger partial charge in [0, 0.05) is 23.5 Å². The topological polar surface area (TPSA) is 25.2 Å². The van der Waals surface area contributed by atoms with Crippen molar-refractivity contribution in [3.05, 3.63) is 35.2 Å². The van der Waals surface area contributed by atoms with Gasteiger partial charge in [0.25, 0.3) is 0 Å². The van der Waals surface area contributed by atoms with E-state index >= 15 is 0 Å². The van der Waals surface area contributed by atoms with Crippen molar-refractivity contribution in [3.63, 3.8) is 0 Å². The first kappa shape index (κ1) is 10.5. The van der Waals surface area contributed by atoms with Gasteiger partial charge in [-0.3, -0.25) is 0 Å². The SMILES string of the molecule is C=C(Br)CNC(C)Cc1ccco1. The third kappa shape index (κ3) is 4.29. The van der Waals surface area contributed by atoms with Crippen LogP contribution in [-0.4, -0.2) is 12.6 Å². The van der Waals surface area contributed by atoms with Crippen molar-refractivity contribution in [2.24, 2.45) is 0 Å². The fourth-order valence-electron chi connectivity index (χ4n) is 1.09. The molecule has 2 nitrogen and oxygen atoms in total. The second-order valence-corrected chi connectivity index (χ2v) is 4.20. The largest absolute Gasteiger partial charge is 0.469 e. The quantitative estimate of drug-likeness (QED) is 0.861. The minimum absolute atomic E-state index is 0.403. The summed E-state index contributed by atoms with van der Waals surface area (Å²) in [5.41, 5.74) is 0. The van der Waals surface area contributed by atoms with Crippen molar-refractivity contribution in [2.75, 3.05) is 6.54 Å². The Morgan fingerprint density at radius 1 is 1.77 bits per heavy atom. The lowest BCUT2D eigenvalue weighted by Crippen LogP contribution is -2.28. The summed E-state index contributed by atoms with van der Waals surface area (Å²) in [6.07, 6.45) is 2.61. The number of furan rings is 1. The molecule has 3 heteroatoms. The van der Waals surface area contributed by atoms with Gasteiger partial charge in [-0.05, 0) is 19.1 Å². The standard InChI is InChI=1S/C10H14BrNO/c1-8(11)7-12-9(2)6-10-4-3-5-13-10/h3-5,9,12H,1,6-7H2,2H3. The lowest BCUT2D eigenvalue weighted by atomic mass is 10.2. The monoisotopic (exact) mass is 243 g/mol. The fraction of sp³-hybridized carbons (Fsp3) is 0.400. The summed E-state index contributed by atoms with van der Waals surface area (Å²) in [5, 5.41) is 3.31. The van der Waals surface area contributed by atoms with Gasteiger partial charge in [0.2, 0.25) is 0 Å². The van der Waals surface area contributed by atoms with E-state index in [2.05, 4.69) is 34.7 Å². The molecule has 0 saturated carbocycles. The second-order valence-electron chi connectivity index (χ2n) is 3.08. The highest BCUT2D eigenvalue weighted by Crippen LogP contribution is 2.04. The lowest BCUT2D eigenvalue weighted by Gasteiger charge is -2.11. The van der Waals surface area contributed by atoms with E-state index in [9.17, 15) is 0 Å². The maximum Gasteiger partial charge on any atom is 0.105 e. The molecule has 0 spiro atoms. The molecule has 0 amide bonds. The first-order valence-corrected chi connectivity index (χ1v) is 5.07. The zero-order valence-corrected chi connectivity index (χ0v) is 9.30. The number of hydrogen-bond donors (Lipinski definition) is 1. The van der Waals surface area contributed by atoms with E-state index < -0.39 is 0 Å². The Bertz CT molecular complexity index is 256. The summed E-state index contributed by atoms with van der Waals surface area (Å²) in [6, 6.07) is 4.30. The molecule has 0 aliphatic rings. The Kier molecular flexibility index (Phi) is 4.25. The molecule has 0 aliphatic carbocycles. The Morgan fingerprint density at radius 2 is 2.54 bits per heavy atom. The zero-order valence-electron chi connectivity index (χ0n) is 7.72. The van der Waals surface area contributed by atoms with E-state index in [1.165, 1.54) is 0 Å². The predicted octanol–water partition coefficient (Wildman–Crippen LogP) is 2.71. The Hall–Kier alpha value is -0.540. The van der Waals surface area contributed by atoms with Crippen LogP contribution >= 0.6 is 15.9 Å². The van der Waals surface area contributed by atoms with Crippen molar-refractivity contribution in [1.82, 2.24) is 5.32 Å². The van der Waals surface area contributed by atoms with Gasteiger partial charge in [-0.1, -0.05) is 22.5 Å². The van der Waals surface area contributed by atoms with Crippen molar-refractivity contribution >= 4 is 15.9 Å². The van der Waals surface area contributed by atoms with Crippen LogP contribution in [0.25, 0.3) is 0 Å². The Balaban J connectivity index is 2.25. The number of halogens is 1. The summed E-state index contributed by atoms with van der Waals surface area (Å²) in [7, 11) is 0. The van der Waals surface area contributed by atoms with E-state index in [-0.39, 0.29) is 0 Å². The van der Waals surface area contributed by atoms with Gasteiger partial charge in [0.1, 0.15) is 5.76 Å². The minimum Gasteiger partial charge on any atom is -0.469 e. The van der Waals surface area contributed by atoms with E-state index in [0.717, 1.165) is 23.2 Å². The second kappa shape index (κ2) is 5.25. The summed E-state index contributed by atoms with van der Waals surface area (Å²) in [4.78, 5) is 0. The molecule has 13 heavy (non-hydrogen) atoms. The van der Waals surface area contributed by atoms with Gasteiger partial charge in [0.15, 0.2) is 0 Å². The van der Waals surface area contributed by atoms with Crippen LogP contribution < -0.4 is 5.32 Å². The van der Waals surface area contributed by atoms with Crippen molar-refractivity contribution in [1.29, 1.82) is 0 Å². The smallest absolute Gasteiger partial charge is 0.105 e. The maximum absolute atomic E-state index is 5.24. The third-order valence-electron chi connectivity index (χ3n) is 1.73. The van der Waals surface area contributed by atoms with Crippen molar-refractivity contribution in [2.45, 2.75) is 19.4 Å². The highest BCUT2D eigenvalue weighted by atomic mass is 79.9. The molecule has 1 rings (SSSR count). The molecule has 0 aliphatic heterocycles. The first-order valence-electron chi connectivity index (χ1n) is 4.27. The third-order valence-corrected chi connectivity index (χ3v) is 2.01. The molecule has 1 aromatic heterocycles. The molecule has 1 unspecified atom stereocenters. The minimum atomic E-state index is 0.403. The van der Waals surface area contributed by atoms with Crippen LogP contribution in [0.5, 0.6) is 0 Å². The molecule has 72 valence electrons. The van der Waals surface area contributed by atoms with Gasteiger partial charge in [-0.15, -0.1) is 0 Å². The van der Waals surface area contributed by atoms with Crippen LogP contribution in [0.2, 0.25) is 0 Å². The highest BCUT2D eigenvalue weighted by Gasteiger charge is 2.04. The average molecular weight is 244 g/mol. The van der Waals surface area contributed by atoms with Crippen LogP contribution in [-0.2, 0) is 6.42 Å². The van der Waals surface area contributed by atoms with Crippen LogP contribution in [0.3, 0.4) is 0 Å². The van der Waals surface area contributed by atoms with Crippen LogP contribution in [0.15, 0.2) is 33.9 Å². The van der Waals surface area contributed by atoms with Gasteiger partial charge >= 0.3 is 0 Å². The molecule has 1 aromatic rings. The average Bonchev–Trinajstić information content (AvgIpc) is 2.53. The Labute approximate surface area is 87.1 Å². The summed E-state index contributed by atoms with van der Waals surface area (Å²) in [5.74, 6) is 1.01. The molecule has 1 N–H and O–H groups in total. The van der Waals surface area contributed by atoms with E-state index in [1.807, 2.05) is 12.1 Å². The molecule has 0 aromatic carbocycles. The van der Waals surface area contributed by atoms with E-state index in [0.29, 0.717) is 6.04 Å². The molecular formula is C10H14BrNO. The van der Waals surface area contributed by atoms with Crippen LogP contribution in [0.1, 0.15) is 12.7 Å². The van der Waals surface area contributed by atoms with Gasteiger partial charge < -0.3 is 9.73 Å². The molecule has 1 heterocycles. The molecule has 0 saturated heterocycles. The normalized spacial score (nSPS) is 12.8. The highest BCUT2D eigenvalue weighted by molar-refractivity contribution is 9.11. The van der Waals surface area contributed by atoms with Gasteiger partial charge in [0.05, 0.1) is 6.26 Å². The number of rotatable bonds is 5. The molecule has 1 atom stereocenters. The summed E-state index contributed by atoms with van der Waals surface area (Å²) >= 11 is 3.30. The zero-order chi connectivity index (χ0) is 9.68. The van der Waals surface area contributed by atoms with Gasteiger partial charge in [-0.2, -0.15) is 0 Å². The lowest BCUT2D eigenvalue weighted by molar-refractivity contribution is 0.466. The van der Waals surface area contributed by atoms with E-state index in [4.69, 9.17) is 4.42 Å². The predicted molar refractivity (Wildman–Crippen MR) is 57.9 cm³/mol. The summed E-state index contributed by atoms with van der Waals surface area (Å²) < 4.78 is 6.21. The van der Waals surface area contributed by atoms with E-state index in [1.54, 1.807) is 6.26 Å². The van der Waals surface area contributed by atoms with Crippen molar-refractivity contribution < 1.29 is 4.42 Å². The van der Waals surface area contributed by atoms with Crippen molar-refractivity contribution in [3.8, 4) is 0 Å². The molecule has 0 radical (unpaired) electrons.